The van der Waals surface area contributed by atoms with Gasteiger partial charge in [0.1, 0.15) is 0 Å². The molecule has 1 amide bonds. The monoisotopic (exact) mass is 268 g/mol. The summed E-state index contributed by atoms with van der Waals surface area (Å²) in [6.07, 6.45) is 5.46. The molecule has 1 fully saturated rings. The first-order valence-corrected chi connectivity index (χ1v) is 8.00. The first-order valence-electron chi connectivity index (χ1n) is 8.00. The van der Waals surface area contributed by atoms with Crippen molar-refractivity contribution < 1.29 is 4.79 Å². The predicted octanol–water partition coefficient (Wildman–Crippen LogP) is 3.05. The largest absolute Gasteiger partial charge is 0.343 e. The Bertz CT molecular complexity index is 247. The summed E-state index contributed by atoms with van der Waals surface area (Å²) in [5.41, 5.74) is 0. The molecule has 1 saturated carbocycles. The highest BCUT2D eigenvalue weighted by atomic mass is 16.2. The van der Waals surface area contributed by atoms with E-state index in [4.69, 9.17) is 0 Å². The number of rotatable bonds is 10. The summed E-state index contributed by atoms with van der Waals surface area (Å²) in [4.78, 5) is 14.3. The minimum Gasteiger partial charge on any atom is -0.343 e. The Hall–Kier alpha value is -0.570. The summed E-state index contributed by atoms with van der Waals surface area (Å²) in [6, 6.07) is 0.701. The molecule has 0 aromatic rings. The summed E-state index contributed by atoms with van der Waals surface area (Å²) >= 11 is 0. The van der Waals surface area contributed by atoms with E-state index in [0.29, 0.717) is 30.2 Å². The summed E-state index contributed by atoms with van der Waals surface area (Å²) in [7, 11) is 0. The zero-order valence-corrected chi connectivity index (χ0v) is 13.2. The van der Waals surface area contributed by atoms with E-state index in [1.165, 1.54) is 12.8 Å². The maximum absolute atomic E-state index is 12.3. The molecule has 0 radical (unpaired) electrons. The van der Waals surface area contributed by atoms with Crippen molar-refractivity contribution in [1.82, 2.24) is 10.2 Å². The lowest BCUT2D eigenvalue weighted by Crippen LogP contribution is -2.36. The zero-order chi connectivity index (χ0) is 14.3. The van der Waals surface area contributed by atoms with Gasteiger partial charge in [0.15, 0.2) is 0 Å². The lowest BCUT2D eigenvalue weighted by Gasteiger charge is -2.24. The van der Waals surface area contributed by atoms with Crippen LogP contribution in [0.5, 0.6) is 0 Å². The van der Waals surface area contributed by atoms with Gasteiger partial charge in [-0.3, -0.25) is 4.79 Å². The van der Waals surface area contributed by atoms with E-state index < -0.39 is 0 Å². The fraction of sp³-hybridized carbons (Fsp3) is 0.938. The average molecular weight is 268 g/mol. The molecule has 0 aromatic carbocycles. The molecule has 1 aliphatic carbocycles. The smallest absolute Gasteiger partial charge is 0.223 e. The standard InChI is InChI=1S/C16H32N2O/c1-13(2)8-11-18(12-9-14(3)4)16(19)7-10-17-15-5-6-15/h13-15,17H,5-12H2,1-4H3. The van der Waals surface area contributed by atoms with Crippen LogP contribution in [0.1, 0.15) is 59.8 Å². The van der Waals surface area contributed by atoms with Gasteiger partial charge < -0.3 is 10.2 Å². The maximum Gasteiger partial charge on any atom is 0.223 e. The number of carbonyl (C=O) groups is 1. The SMILES string of the molecule is CC(C)CCN(CCC(C)C)C(=O)CCNC1CC1. The van der Waals surface area contributed by atoms with Crippen molar-refractivity contribution in [3.05, 3.63) is 0 Å². The van der Waals surface area contributed by atoms with Crippen LogP contribution in [0, 0.1) is 11.8 Å². The molecule has 19 heavy (non-hydrogen) atoms. The van der Waals surface area contributed by atoms with E-state index >= 15 is 0 Å². The summed E-state index contributed by atoms with van der Waals surface area (Å²) in [6.45, 7) is 11.6. The van der Waals surface area contributed by atoms with Gasteiger partial charge in [-0.25, -0.2) is 0 Å². The number of nitrogens with zero attached hydrogens (tertiary/aromatic N) is 1. The van der Waals surface area contributed by atoms with Crippen molar-refractivity contribution in [1.29, 1.82) is 0 Å². The van der Waals surface area contributed by atoms with Gasteiger partial charge in [-0.1, -0.05) is 27.7 Å². The van der Waals surface area contributed by atoms with Crippen LogP contribution in [-0.4, -0.2) is 36.5 Å². The highest BCUT2D eigenvalue weighted by Gasteiger charge is 2.21. The third-order valence-corrected chi connectivity index (χ3v) is 3.65. The van der Waals surface area contributed by atoms with Crippen molar-refractivity contribution in [2.24, 2.45) is 11.8 Å². The molecule has 0 heterocycles. The maximum atomic E-state index is 12.3. The zero-order valence-electron chi connectivity index (χ0n) is 13.2. The Kier molecular flexibility index (Phi) is 7.44. The highest BCUT2D eigenvalue weighted by molar-refractivity contribution is 5.76. The second-order valence-corrected chi connectivity index (χ2v) is 6.72. The predicted molar refractivity (Wildman–Crippen MR) is 81.1 cm³/mol. The number of amides is 1. The van der Waals surface area contributed by atoms with Gasteiger partial charge >= 0.3 is 0 Å². The molecule has 1 rings (SSSR count). The van der Waals surface area contributed by atoms with E-state index in [2.05, 4.69) is 37.9 Å². The Balaban J connectivity index is 2.28. The van der Waals surface area contributed by atoms with E-state index in [-0.39, 0.29) is 0 Å². The molecule has 3 heteroatoms. The van der Waals surface area contributed by atoms with Crippen LogP contribution in [0.2, 0.25) is 0 Å². The van der Waals surface area contributed by atoms with E-state index in [1.807, 2.05) is 0 Å². The number of hydrogen-bond acceptors (Lipinski definition) is 2. The van der Waals surface area contributed by atoms with Crippen molar-refractivity contribution in [2.75, 3.05) is 19.6 Å². The molecule has 0 aromatic heterocycles. The minimum absolute atomic E-state index is 0.328. The third-order valence-electron chi connectivity index (χ3n) is 3.65. The molecule has 0 atom stereocenters. The van der Waals surface area contributed by atoms with Gasteiger partial charge in [0.25, 0.3) is 0 Å². The molecule has 0 saturated heterocycles. The van der Waals surface area contributed by atoms with Gasteiger partial charge in [-0.2, -0.15) is 0 Å². The number of carbonyl (C=O) groups excluding carboxylic acids is 1. The van der Waals surface area contributed by atoms with Crippen LogP contribution in [0.15, 0.2) is 0 Å². The Morgan fingerprint density at radius 3 is 2.05 bits per heavy atom. The van der Waals surface area contributed by atoms with Crippen LogP contribution >= 0.6 is 0 Å². The van der Waals surface area contributed by atoms with E-state index in [9.17, 15) is 4.79 Å². The normalized spacial score (nSPS) is 15.3. The summed E-state index contributed by atoms with van der Waals surface area (Å²) in [5.74, 6) is 1.66. The van der Waals surface area contributed by atoms with Crippen LogP contribution in [0.25, 0.3) is 0 Å². The molecule has 0 spiro atoms. The van der Waals surface area contributed by atoms with E-state index in [1.54, 1.807) is 0 Å². The molecule has 3 nitrogen and oxygen atoms in total. The summed E-state index contributed by atoms with van der Waals surface area (Å²) in [5, 5.41) is 3.42. The Morgan fingerprint density at radius 1 is 1.11 bits per heavy atom. The van der Waals surface area contributed by atoms with Gasteiger partial charge in [0.2, 0.25) is 5.91 Å². The van der Waals surface area contributed by atoms with Crippen molar-refractivity contribution in [3.8, 4) is 0 Å². The second-order valence-electron chi connectivity index (χ2n) is 6.72. The fourth-order valence-electron chi connectivity index (χ4n) is 2.02. The van der Waals surface area contributed by atoms with Gasteiger partial charge in [0, 0.05) is 32.1 Å². The summed E-state index contributed by atoms with van der Waals surface area (Å²) < 4.78 is 0. The Labute approximate surface area is 119 Å². The lowest BCUT2D eigenvalue weighted by molar-refractivity contribution is -0.131. The molecule has 0 bridgehead atoms. The molecule has 1 N–H and O–H groups in total. The van der Waals surface area contributed by atoms with Crippen molar-refractivity contribution in [3.63, 3.8) is 0 Å². The van der Waals surface area contributed by atoms with Gasteiger partial charge in [0.05, 0.1) is 0 Å². The lowest BCUT2D eigenvalue weighted by atomic mass is 10.1. The molecule has 112 valence electrons. The molecular formula is C16H32N2O. The third kappa shape index (κ3) is 8.25. The average Bonchev–Trinajstić information content (AvgIpc) is 3.12. The molecule has 0 aliphatic heterocycles. The number of nitrogens with one attached hydrogen (secondary N) is 1. The van der Waals surface area contributed by atoms with Gasteiger partial charge in [-0.05, 0) is 37.5 Å². The van der Waals surface area contributed by atoms with E-state index in [0.717, 1.165) is 32.5 Å². The molecule has 0 unspecified atom stereocenters. The number of hydrogen-bond donors (Lipinski definition) is 1. The minimum atomic E-state index is 0.328. The first-order chi connectivity index (χ1) is 8.99. The van der Waals surface area contributed by atoms with Crippen LogP contribution in [0.4, 0.5) is 0 Å². The van der Waals surface area contributed by atoms with Crippen molar-refractivity contribution >= 4 is 5.91 Å². The quantitative estimate of drug-likeness (QED) is 0.660. The fourth-order valence-corrected chi connectivity index (χ4v) is 2.02. The molecule has 1 aliphatic rings. The van der Waals surface area contributed by atoms with Crippen LogP contribution < -0.4 is 5.32 Å². The van der Waals surface area contributed by atoms with Gasteiger partial charge in [-0.15, -0.1) is 0 Å². The topological polar surface area (TPSA) is 32.3 Å². The van der Waals surface area contributed by atoms with Crippen molar-refractivity contribution in [2.45, 2.75) is 65.8 Å². The second kappa shape index (κ2) is 8.57. The highest BCUT2D eigenvalue weighted by Crippen LogP contribution is 2.18. The molecular weight excluding hydrogens is 236 g/mol. The first kappa shape index (κ1) is 16.5. The Morgan fingerprint density at radius 2 is 1.63 bits per heavy atom. The van der Waals surface area contributed by atoms with Crippen LogP contribution in [-0.2, 0) is 4.79 Å². The van der Waals surface area contributed by atoms with Crippen LogP contribution in [0.3, 0.4) is 0 Å².